The van der Waals surface area contributed by atoms with Gasteiger partial charge >= 0.3 is 0 Å². The molecule has 1 saturated heterocycles. The predicted molar refractivity (Wildman–Crippen MR) is 121 cm³/mol. The highest BCUT2D eigenvalue weighted by molar-refractivity contribution is 5.80. The van der Waals surface area contributed by atoms with E-state index in [0.29, 0.717) is 56.2 Å². The Morgan fingerprint density at radius 2 is 1.90 bits per heavy atom. The van der Waals surface area contributed by atoms with Gasteiger partial charge in [0.15, 0.2) is 5.96 Å². The van der Waals surface area contributed by atoms with Gasteiger partial charge in [0.25, 0.3) is 0 Å². The summed E-state index contributed by atoms with van der Waals surface area (Å²) in [6, 6.07) is 10.2. The van der Waals surface area contributed by atoms with Gasteiger partial charge in [0, 0.05) is 19.6 Å². The summed E-state index contributed by atoms with van der Waals surface area (Å²) in [6.07, 6.45) is 1.03. The van der Waals surface area contributed by atoms with Gasteiger partial charge in [0.1, 0.15) is 11.6 Å². The number of nitrogens with one attached hydrogen (secondary N) is 2. The van der Waals surface area contributed by atoms with Crippen molar-refractivity contribution in [2.24, 2.45) is 4.99 Å². The number of hydrogen-bond donors (Lipinski definition) is 3. The predicted octanol–water partition coefficient (Wildman–Crippen LogP) is 4.05. The van der Waals surface area contributed by atoms with Crippen LogP contribution in [0.1, 0.15) is 49.4 Å². The Morgan fingerprint density at radius 1 is 1.16 bits per heavy atom. The Labute approximate surface area is 183 Å². The van der Waals surface area contributed by atoms with Crippen LogP contribution in [0, 0.1) is 18.6 Å². The lowest BCUT2D eigenvalue weighted by Crippen LogP contribution is -2.38. The van der Waals surface area contributed by atoms with E-state index >= 15 is 0 Å². The van der Waals surface area contributed by atoms with E-state index < -0.39 is 0 Å². The molecule has 7 heteroatoms. The summed E-state index contributed by atoms with van der Waals surface area (Å²) in [4.78, 5) is 6.55. The number of aryl methyl sites for hydroxylation is 1. The van der Waals surface area contributed by atoms with Crippen molar-refractivity contribution in [3.8, 4) is 0 Å². The number of rotatable bonds is 6. The second-order valence-electron chi connectivity index (χ2n) is 8.07. The topological polar surface area (TPSA) is 59.9 Å². The fourth-order valence-corrected chi connectivity index (χ4v) is 3.67. The first-order chi connectivity index (χ1) is 14.9. The highest BCUT2D eigenvalue weighted by Gasteiger charge is 2.19. The van der Waals surface area contributed by atoms with Gasteiger partial charge in [-0.3, -0.25) is 0 Å². The molecule has 168 valence electrons. The Hall–Kier alpha value is -2.67. The minimum Gasteiger partial charge on any atom is -0.393 e. The number of halogens is 2. The molecule has 3 N–H and O–H groups in total. The Kier molecular flexibility index (Phi) is 7.85. The lowest BCUT2D eigenvalue weighted by atomic mass is 10.1. The molecule has 2 aromatic rings. The van der Waals surface area contributed by atoms with Crippen LogP contribution in [0.3, 0.4) is 0 Å². The van der Waals surface area contributed by atoms with Gasteiger partial charge in [0.2, 0.25) is 0 Å². The molecule has 1 fully saturated rings. The zero-order valence-electron chi connectivity index (χ0n) is 18.5. The fraction of sp³-hybridized carbons (Fsp3) is 0.458. The summed E-state index contributed by atoms with van der Waals surface area (Å²) in [5, 5.41) is 16.1. The van der Waals surface area contributed by atoms with E-state index in [2.05, 4.69) is 15.6 Å². The molecule has 2 aromatic carbocycles. The van der Waals surface area contributed by atoms with Crippen molar-refractivity contribution in [1.82, 2.24) is 10.6 Å². The molecule has 0 aromatic heterocycles. The van der Waals surface area contributed by atoms with Gasteiger partial charge in [-0.2, -0.15) is 0 Å². The SMILES string of the molecule is CCNC(=NCc1ccc(N2CCC(O)CC2)c(F)c1)NC(C)c1ccc(C)c(F)c1. The third kappa shape index (κ3) is 6.17. The largest absolute Gasteiger partial charge is 0.393 e. The number of guanidine groups is 1. The van der Waals surface area contributed by atoms with Crippen LogP contribution in [0.15, 0.2) is 41.4 Å². The van der Waals surface area contributed by atoms with Crippen molar-refractivity contribution in [2.45, 2.75) is 52.3 Å². The minimum atomic E-state index is -0.288. The van der Waals surface area contributed by atoms with Crippen molar-refractivity contribution in [3.05, 3.63) is 64.7 Å². The van der Waals surface area contributed by atoms with Crippen molar-refractivity contribution >= 4 is 11.6 Å². The molecule has 3 rings (SSSR count). The number of aliphatic imine (C=N–C) groups is 1. The third-order valence-electron chi connectivity index (χ3n) is 5.63. The van der Waals surface area contributed by atoms with Crippen LogP contribution in [-0.2, 0) is 6.54 Å². The zero-order valence-corrected chi connectivity index (χ0v) is 18.5. The second-order valence-corrected chi connectivity index (χ2v) is 8.07. The molecule has 5 nitrogen and oxygen atoms in total. The van der Waals surface area contributed by atoms with Crippen LogP contribution >= 0.6 is 0 Å². The first kappa shape index (κ1) is 23.0. The maximum Gasteiger partial charge on any atom is 0.192 e. The molecular formula is C24H32F2N4O. The number of aliphatic hydroxyl groups is 1. The van der Waals surface area contributed by atoms with E-state index in [1.165, 1.54) is 12.1 Å². The first-order valence-corrected chi connectivity index (χ1v) is 10.9. The van der Waals surface area contributed by atoms with Gasteiger partial charge in [-0.1, -0.05) is 18.2 Å². The second kappa shape index (κ2) is 10.6. The summed E-state index contributed by atoms with van der Waals surface area (Å²) >= 11 is 0. The van der Waals surface area contributed by atoms with E-state index in [0.717, 1.165) is 11.1 Å². The van der Waals surface area contributed by atoms with Crippen LogP contribution in [0.25, 0.3) is 0 Å². The molecule has 0 aliphatic carbocycles. The summed E-state index contributed by atoms with van der Waals surface area (Å²) in [7, 11) is 0. The highest BCUT2D eigenvalue weighted by atomic mass is 19.1. The molecule has 0 bridgehead atoms. The summed E-state index contributed by atoms with van der Waals surface area (Å²) in [6.45, 7) is 7.96. The van der Waals surface area contributed by atoms with E-state index in [1.54, 1.807) is 19.1 Å². The molecule has 1 unspecified atom stereocenters. The van der Waals surface area contributed by atoms with Crippen LogP contribution in [0.2, 0.25) is 0 Å². The molecule has 1 aliphatic rings. The first-order valence-electron chi connectivity index (χ1n) is 10.9. The maximum atomic E-state index is 14.7. The van der Waals surface area contributed by atoms with E-state index in [9.17, 15) is 13.9 Å². The average molecular weight is 431 g/mol. The Morgan fingerprint density at radius 3 is 2.55 bits per heavy atom. The van der Waals surface area contributed by atoms with Gasteiger partial charge in [0.05, 0.1) is 24.4 Å². The smallest absolute Gasteiger partial charge is 0.192 e. The van der Waals surface area contributed by atoms with Gasteiger partial charge in [-0.05, 0) is 68.5 Å². The van der Waals surface area contributed by atoms with Crippen molar-refractivity contribution in [2.75, 3.05) is 24.5 Å². The molecule has 1 aliphatic heterocycles. The van der Waals surface area contributed by atoms with Gasteiger partial charge < -0.3 is 20.6 Å². The van der Waals surface area contributed by atoms with Crippen LogP contribution in [0.4, 0.5) is 14.5 Å². The number of aliphatic hydroxyl groups excluding tert-OH is 1. The average Bonchev–Trinajstić information content (AvgIpc) is 2.75. The molecule has 0 amide bonds. The normalized spacial score (nSPS) is 16.3. The fourth-order valence-electron chi connectivity index (χ4n) is 3.67. The van der Waals surface area contributed by atoms with E-state index in [-0.39, 0.29) is 23.8 Å². The maximum absolute atomic E-state index is 14.7. The number of hydrogen-bond acceptors (Lipinski definition) is 3. The zero-order chi connectivity index (χ0) is 22.4. The van der Waals surface area contributed by atoms with Crippen LogP contribution < -0.4 is 15.5 Å². The van der Waals surface area contributed by atoms with Crippen molar-refractivity contribution in [1.29, 1.82) is 0 Å². The summed E-state index contributed by atoms with van der Waals surface area (Å²) < 4.78 is 28.6. The van der Waals surface area contributed by atoms with Crippen LogP contribution in [-0.4, -0.2) is 36.8 Å². The highest BCUT2D eigenvalue weighted by Crippen LogP contribution is 2.24. The lowest BCUT2D eigenvalue weighted by Gasteiger charge is -2.31. The summed E-state index contributed by atoms with van der Waals surface area (Å²) in [5.41, 5.74) is 2.78. The number of nitrogens with zero attached hydrogens (tertiary/aromatic N) is 2. The van der Waals surface area contributed by atoms with Crippen LogP contribution in [0.5, 0.6) is 0 Å². The summed E-state index contributed by atoms with van der Waals surface area (Å²) in [5.74, 6) is 0.0860. The van der Waals surface area contributed by atoms with Crippen molar-refractivity contribution in [3.63, 3.8) is 0 Å². The molecule has 1 heterocycles. The van der Waals surface area contributed by atoms with E-state index in [4.69, 9.17) is 0 Å². The Balaban J connectivity index is 1.66. The van der Waals surface area contributed by atoms with E-state index in [1.807, 2.05) is 30.9 Å². The molecule has 31 heavy (non-hydrogen) atoms. The molecule has 0 radical (unpaired) electrons. The molecular weight excluding hydrogens is 398 g/mol. The van der Waals surface area contributed by atoms with Gasteiger partial charge in [-0.25, -0.2) is 13.8 Å². The monoisotopic (exact) mass is 430 g/mol. The standard InChI is InChI=1S/C24H32F2N4O/c1-4-27-24(29-17(3)19-7-5-16(2)21(25)14-19)28-15-18-6-8-23(22(26)13-18)30-11-9-20(31)10-12-30/h5-8,13-14,17,20,31H,4,9-12,15H2,1-3H3,(H2,27,28,29). The quantitative estimate of drug-likeness (QED) is 0.478. The molecule has 0 spiro atoms. The Bertz CT molecular complexity index is 910. The van der Waals surface area contributed by atoms with Gasteiger partial charge in [-0.15, -0.1) is 0 Å². The molecule has 0 saturated carbocycles. The third-order valence-corrected chi connectivity index (χ3v) is 5.63. The van der Waals surface area contributed by atoms with Crippen molar-refractivity contribution < 1.29 is 13.9 Å². The minimum absolute atomic E-state index is 0.138. The number of benzene rings is 2. The number of anilines is 1. The molecule has 1 atom stereocenters. The lowest BCUT2D eigenvalue weighted by molar-refractivity contribution is 0.145. The number of piperidine rings is 1.